The summed E-state index contributed by atoms with van der Waals surface area (Å²) in [4.78, 5) is 27.1. The molecule has 0 radical (unpaired) electrons. The van der Waals surface area contributed by atoms with Crippen LogP contribution in [0.1, 0.15) is 33.1 Å². The molecule has 0 spiro atoms. The van der Waals surface area contributed by atoms with Crippen molar-refractivity contribution in [3.8, 4) is 39.8 Å². The summed E-state index contributed by atoms with van der Waals surface area (Å²) < 4.78 is 16.7. The maximum atomic E-state index is 12.4. The van der Waals surface area contributed by atoms with Crippen LogP contribution in [0.25, 0.3) is 22.4 Å². The van der Waals surface area contributed by atoms with E-state index in [-0.39, 0.29) is 12.7 Å². The molecule has 2 unspecified atom stereocenters. The van der Waals surface area contributed by atoms with Crippen LogP contribution in [0.4, 0.5) is 0 Å². The molecule has 37 heavy (non-hydrogen) atoms. The molecular formula is C28H31AsN2O6. The number of hydrogen-bond donors (Lipinski definition) is 2. The number of rotatable bonds is 11. The van der Waals surface area contributed by atoms with Crippen molar-refractivity contribution in [2.75, 3.05) is 13.4 Å². The number of unbranched alkanes of at least 4 members (excludes halogenated alkanes) is 1. The number of hydrogen-bond acceptors (Lipinski definition) is 6. The second-order valence-corrected chi connectivity index (χ2v) is 10.9. The van der Waals surface area contributed by atoms with E-state index >= 15 is 0 Å². The summed E-state index contributed by atoms with van der Waals surface area (Å²) in [6.07, 6.45) is 2.16. The normalized spacial score (nSPS) is 13.2. The second-order valence-electron chi connectivity index (χ2n) is 9.49. The summed E-state index contributed by atoms with van der Waals surface area (Å²) in [6, 6.07) is 19.8. The first-order chi connectivity index (χ1) is 17.7. The molecular weight excluding hydrogens is 535 g/mol. The molecule has 0 bridgehead atoms. The Kier molecular flexibility index (Phi) is 8.39. The number of carboxylic acid groups (broad SMARTS) is 1. The third-order valence-electron chi connectivity index (χ3n) is 6.22. The summed E-state index contributed by atoms with van der Waals surface area (Å²) >= 11 is 0.965. The Morgan fingerprint density at radius 2 is 1.73 bits per heavy atom. The SMILES string of the molecule is CC(C)(CCCCOc1cccc(-c2ccc(-c3ccc4c(c3)OCO4)cc2)n1)C(=O)NC([AsH2])C(=O)O. The van der Waals surface area contributed by atoms with Crippen LogP contribution < -0.4 is 19.5 Å². The number of fused-ring (bicyclic) bond motifs is 1. The number of aromatic nitrogens is 1. The molecule has 1 aromatic heterocycles. The molecule has 2 atom stereocenters. The van der Waals surface area contributed by atoms with Gasteiger partial charge in [0.1, 0.15) is 0 Å². The Morgan fingerprint density at radius 3 is 2.49 bits per heavy atom. The van der Waals surface area contributed by atoms with Crippen molar-refractivity contribution in [3.63, 3.8) is 0 Å². The van der Waals surface area contributed by atoms with Crippen molar-refractivity contribution < 1.29 is 28.9 Å². The standard InChI is InChI=1S/C28H31AsN2O6/c1-28(2,27(34)31-25(29)26(32)33)14-3-4-15-35-24-7-5-6-21(30-24)19-10-8-18(9-11-19)20-12-13-22-23(16-20)37-17-36-22/h5-13,16,25H,3-4,14-15,17,29H2,1-2H3,(H,31,34)(H,32,33). The number of carbonyl (C=O) groups excluding carboxylic acids is 1. The van der Waals surface area contributed by atoms with E-state index in [1.807, 2.05) is 62.4 Å². The third kappa shape index (κ3) is 6.83. The van der Waals surface area contributed by atoms with Gasteiger partial charge in [-0.1, -0.05) is 30.3 Å². The molecule has 1 aliphatic heterocycles. The Bertz CT molecular complexity index is 1260. The monoisotopic (exact) mass is 566 g/mol. The van der Waals surface area contributed by atoms with Crippen LogP contribution in [0.3, 0.4) is 0 Å². The number of pyridine rings is 1. The zero-order valence-corrected chi connectivity index (χ0v) is 23.3. The van der Waals surface area contributed by atoms with Crippen molar-refractivity contribution in [2.24, 2.45) is 5.41 Å². The van der Waals surface area contributed by atoms with Crippen molar-refractivity contribution in [1.82, 2.24) is 10.3 Å². The predicted octanol–water partition coefficient (Wildman–Crippen LogP) is 3.88. The van der Waals surface area contributed by atoms with Crippen molar-refractivity contribution in [3.05, 3.63) is 60.7 Å². The Hall–Kier alpha value is -3.51. The number of nitrogens with zero attached hydrogens (tertiary/aromatic N) is 1. The zero-order valence-electron chi connectivity index (χ0n) is 20.9. The minimum atomic E-state index is -1.02. The van der Waals surface area contributed by atoms with Gasteiger partial charge in [0.05, 0.1) is 0 Å². The first-order valence-corrected chi connectivity index (χ1v) is 13.5. The molecule has 0 saturated carbocycles. The van der Waals surface area contributed by atoms with Gasteiger partial charge in [0.2, 0.25) is 6.79 Å². The number of carbonyl (C=O) groups is 2. The molecule has 4 rings (SSSR count). The Labute approximate surface area is 224 Å². The van der Waals surface area contributed by atoms with E-state index in [4.69, 9.17) is 19.3 Å². The number of ether oxygens (including phenoxy) is 3. The molecule has 2 aromatic carbocycles. The van der Waals surface area contributed by atoms with Crippen molar-refractivity contribution in [1.29, 1.82) is 0 Å². The number of carboxylic acids is 1. The molecule has 1 amide bonds. The second kappa shape index (κ2) is 11.7. The summed E-state index contributed by atoms with van der Waals surface area (Å²) in [6.45, 7) is 4.39. The van der Waals surface area contributed by atoms with Crippen LogP contribution in [0.2, 0.25) is 0 Å². The molecule has 9 heteroatoms. The van der Waals surface area contributed by atoms with Gasteiger partial charge in [0.15, 0.2) is 11.5 Å². The molecule has 0 aliphatic carbocycles. The number of nitrogens with one attached hydrogen (secondary N) is 1. The molecule has 0 fully saturated rings. The van der Waals surface area contributed by atoms with Gasteiger partial charge in [-0.25, -0.2) is 0 Å². The van der Waals surface area contributed by atoms with Gasteiger partial charge in [-0.15, -0.1) is 0 Å². The Morgan fingerprint density at radius 1 is 1.03 bits per heavy atom. The van der Waals surface area contributed by atoms with E-state index < -0.39 is 16.2 Å². The summed E-state index contributed by atoms with van der Waals surface area (Å²) in [7, 11) is 0. The van der Waals surface area contributed by atoms with E-state index in [0.717, 1.165) is 63.6 Å². The van der Waals surface area contributed by atoms with Gasteiger partial charge >= 0.3 is 132 Å². The first kappa shape index (κ1) is 26.5. The molecule has 2 heterocycles. The summed E-state index contributed by atoms with van der Waals surface area (Å²) in [5.74, 6) is 0.804. The summed E-state index contributed by atoms with van der Waals surface area (Å²) in [5.41, 5.74) is 3.29. The fourth-order valence-electron chi connectivity index (χ4n) is 3.92. The van der Waals surface area contributed by atoms with Gasteiger partial charge < -0.3 is 9.47 Å². The van der Waals surface area contributed by atoms with Crippen LogP contribution in [-0.2, 0) is 9.59 Å². The van der Waals surface area contributed by atoms with Gasteiger partial charge in [-0.3, -0.25) is 0 Å². The maximum absolute atomic E-state index is 12.4. The quantitative estimate of drug-likeness (QED) is 0.268. The topological polar surface area (TPSA) is 107 Å². The average molecular weight is 566 g/mol. The molecule has 2 N–H and O–H groups in total. The molecule has 0 saturated heterocycles. The molecule has 194 valence electrons. The van der Waals surface area contributed by atoms with Gasteiger partial charge in [0.25, 0.3) is 0 Å². The zero-order chi connectivity index (χ0) is 26.4. The fraction of sp³-hybridized carbons (Fsp3) is 0.321. The molecule has 3 aromatic rings. The average Bonchev–Trinajstić information content (AvgIpc) is 3.36. The third-order valence-corrected chi connectivity index (χ3v) is 7.17. The number of aliphatic carboxylic acids is 1. The molecule has 8 nitrogen and oxygen atoms in total. The van der Waals surface area contributed by atoms with Crippen molar-refractivity contribution >= 4 is 28.7 Å². The predicted molar refractivity (Wildman–Crippen MR) is 142 cm³/mol. The number of amides is 1. The first-order valence-electron chi connectivity index (χ1n) is 12.1. The van der Waals surface area contributed by atoms with Gasteiger partial charge in [-0.05, 0) is 29.3 Å². The minimum absolute atomic E-state index is 0.246. The molecule has 1 aliphatic rings. The van der Waals surface area contributed by atoms with E-state index in [1.54, 1.807) is 0 Å². The summed E-state index contributed by atoms with van der Waals surface area (Å²) in [5, 5.41) is 11.6. The van der Waals surface area contributed by atoms with Crippen molar-refractivity contribution in [2.45, 2.75) is 37.9 Å². The van der Waals surface area contributed by atoms with Gasteiger partial charge in [0, 0.05) is 5.56 Å². The van der Waals surface area contributed by atoms with Crippen LogP contribution in [-0.4, -0.2) is 57.0 Å². The Balaban J connectivity index is 1.28. The fourth-order valence-corrected chi connectivity index (χ4v) is 4.24. The van der Waals surface area contributed by atoms with Crippen LogP contribution in [0.5, 0.6) is 17.4 Å². The van der Waals surface area contributed by atoms with Crippen LogP contribution in [0, 0.1) is 5.41 Å². The van der Waals surface area contributed by atoms with E-state index in [1.165, 1.54) is 0 Å². The van der Waals surface area contributed by atoms with E-state index in [0.29, 0.717) is 18.9 Å². The van der Waals surface area contributed by atoms with E-state index in [2.05, 4.69) is 22.4 Å². The number of benzene rings is 2. The van der Waals surface area contributed by atoms with Crippen LogP contribution in [0.15, 0.2) is 60.7 Å². The van der Waals surface area contributed by atoms with Crippen LogP contribution >= 0.6 is 0 Å². The van der Waals surface area contributed by atoms with E-state index in [9.17, 15) is 9.59 Å². The van der Waals surface area contributed by atoms with Gasteiger partial charge in [-0.2, -0.15) is 0 Å².